The van der Waals surface area contributed by atoms with Crippen LogP contribution in [0.5, 0.6) is 0 Å². The number of piperidine rings is 1. The van der Waals surface area contributed by atoms with Crippen molar-refractivity contribution in [3.05, 3.63) is 0 Å². The summed E-state index contributed by atoms with van der Waals surface area (Å²) in [6.07, 6.45) is 11.0. The Bertz CT molecular complexity index is 295. The molecule has 0 aromatic carbocycles. The lowest BCUT2D eigenvalue weighted by atomic mass is 9.74. The van der Waals surface area contributed by atoms with Crippen LogP contribution in [-0.4, -0.2) is 36.8 Å². The number of carbonyl (C=O) groups excluding carboxylic acids is 1. The molecule has 116 valence electrons. The Balaban J connectivity index is 1.65. The van der Waals surface area contributed by atoms with E-state index in [1.807, 2.05) is 0 Å². The van der Waals surface area contributed by atoms with Crippen LogP contribution in [0.2, 0.25) is 0 Å². The summed E-state index contributed by atoms with van der Waals surface area (Å²) in [7, 11) is 0. The van der Waals surface area contributed by atoms with Gasteiger partial charge in [0.15, 0.2) is 0 Å². The lowest BCUT2D eigenvalue weighted by molar-refractivity contribution is -0.122. The third-order valence-electron chi connectivity index (χ3n) is 5.04. The van der Waals surface area contributed by atoms with Crippen LogP contribution >= 0.6 is 0 Å². The van der Waals surface area contributed by atoms with E-state index >= 15 is 0 Å². The summed E-state index contributed by atoms with van der Waals surface area (Å²) in [4.78, 5) is 12.0. The topological polar surface area (TPSA) is 61.4 Å². The number of aliphatic hydroxyl groups is 1. The largest absolute Gasteiger partial charge is 0.396 e. The Morgan fingerprint density at radius 2 is 2.00 bits per heavy atom. The van der Waals surface area contributed by atoms with E-state index < -0.39 is 0 Å². The molecule has 4 nitrogen and oxygen atoms in total. The van der Waals surface area contributed by atoms with E-state index in [4.69, 9.17) is 0 Å². The number of hydrogen-bond donors (Lipinski definition) is 3. The Labute approximate surface area is 122 Å². The monoisotopic (exact) mass is 282 g/mol. The van der Waals surface area contributed by atoms with Crippen LogP contribution in [0.15, 0.2) is 0 Å². The van der Waals surface area contributed by atoms with Crippen molar-refractivity contribution in [1.82, 2.24) is 10.6 Å². The van der Waals surface area contributed by atoms with Gasteiger partial charge < -0.3 is 15.7 Å². The maximum atomic E-state index is 12.0. The summed E-state index contributed by atoms with van der Waals surface area (Å²) in [5, 5.41) is 16.2. The van der Waals surface area contributed by atoms with Gasteiger partial charge in [-0.1, -0.05) is 25.7 Å². The van der Waals surface area contributed by atoms with Gasteiger partial charge in [-0.05, 0) is 38.6 Å². The first kappa shape index (κ1) is 15.8. The van der Waals surface area contributed by atoms with Crippen molar-refractivity contribution in [2.45, 2.75) is 70.3 Å². The van der Waals surface area contributed by atoms with Crippen LogP contribution in [0.4, 0.5) is 0 Å². The summed E-state index contributed by atoms with van der Waals surface area (Å²) in [5.41, 5.74) is -0.0446. The number of nitrogens with one attached hydrogen (secondary N) is 2. The molecule has 3 N–H and O–H groups in total. The quantitative estimate of drug-likeness (QED) is 0.698. The highest BCUT2D eigenvalue weighted by atomic mass is 16.3. The number of amides is 1. The molecule has 2 fully saturated rings. The zero-order valence-corrected chi connectivity index (χ0v) is 12.6. The molecule has 0 bridgehead atoms. The summed E-state index contributed by atoms with van der Waals surface area (Å²) >= 11 is 0. The van der Waals surface area contributed by atoms with Gasteiger partial charge in [-0.25, -0.2) is 0 Å². The molecule has 1 heterocycles. The van der Waals surface area contributed by atoms with Gasteiger partial charge in [0.2, 0.25) is 5.91 Å². The first-order chi connectivity index (χ1) is 9.74. The molecule has 1 saturated heterocycles. The zero-order valence-electron chi connectivity index (χ0n) is 12.6. The fraction of sp³-hybridized carbons (Fsp3) is 0.938. The Morgan fingerprint density at radius 3 is 2.65 bits per heavy atom. The van der Waals surface area contributed by atoms with Crippen molar-refractivity contribution >= 4 is 5.91 Å². The van der Waals surface area contributed by atoms with Crippen LogP contribution in [0, 0.1) is 5.41 Å². The smallest absolute Gasteiger partial charge is 0.220 e. The highest BCUT2D eigenvalue weighted by Crippen LogP contribution is 2.35. The van der Waals surface area contributed by atoms with Gasteiger partial charge in [0.1, 0.15) is 0 Å². The molecule has 20 heavy (non-hydrogen) atoms. The molecule has 2 rings (SSSR count). The predicted molar refractivity (Wildman–Crippen MR) is 80.5 cm³/mol. The molecule has 0 aromatic rings. The van der Waals surface area contributed by atoms with Gasteiger partial charge in [-0.15, -0.1) is 0 Å². The van der Waals surface area contributed by atoms with Crippen molar-refractivity contribution in [2.75, 3.05) is 19.7 Å². The average molecular weight is 282 g/mol. The first-order valence-corrected chi connectivity index (χ1v) is 8.35. The molecular weight excluding hydrogens is 252 g/mol. The predicted octanol–water partition coefficient (Wildman–Crippen LogP) is 1.97. The van der Waals surface area contributed by atoms with Gasteiger partial charge in [0.05, 0.1) is 6.61 Å². The molecule has 1 aliphatic heterocycles. The molecule has 0 aromatic heterocycles. The average Bonchev–Trinajstić information content (AvgIpc) is 2.53. The molecule has 1 saturated carbocycles. The van der Waals surface area contributed by atoms with Crippen LogP contribution in [0.1, 0.15) is 64.2 Å². The Kier molecular flexibility index (Phi) is 6.30. The van der Waals surface area contributed by atoms with Crippen molar-refractivity contribution in [2.24, 2.45) is 5.41 Å². The fourth-order valence-corrected chi connectivity index (χ4v) is 3.54. The van der Waals surface area contributed by atoms with Gasteiger partial charge in [0, 0.05) is 24.4 Å². The van der Waals surface area contributed by atoms with E-state index in [0.29, 0.717) is 19.0 Å². The summed E-state index contributed by atoms with van der Waals surface area (Å²) in [6, 6.07) is 0.524. The number of aliphatic hydroxyl groups excluding tert-OH is 1. The van der Waals surface area contributed by atoms with E-state index in [1.54, 1.807) is 0 Å². The van der Waals surface area contributed by atoms with Gasteiger partial charge in [-0.3, -0.25) is 4.79 Å². The van der Waals surface area contributed by atoms with Crippen LogP contribution in [0.25, 0.3) is 0 Å². The Hall–Kier alpha value is -0.610. The summed E-state index contributed by atoms with van der Waals surface area (Å²) in [6.45, 7) is 1.96. The lowest BCUT2D eigenvalue weighted by Crippen LogP contribution is -2.42. The highest BCUT2D eigenvalue weighted by Gasteiger charge is 2.31. The van der Waals surface area contributed by atoms with E-state index in [9.17, 15) is 9.90 Å². The van der Waals surface area contributed by atoms with Crippen LogP contribution in [0.3, 0.4) is 0 Å². The molecule has 0 spiro atoms. The van der Waals surface area contributed by atoms with Gasteiger partial charge in [0.25, 0.3) is 0 Å². The van der Waals surface area contributed by atoms with Gasteiger partial charge in [-0.2, -0.15) is 0 Å². The number of carbonyl (C=O) groups is 1. The molecule has 1 atom stereocenters. The third kappa shape index (κ3) is 4.74. The van der Waals surface area contributed by atoms with Crippen molar-refractivity contribution in [3.63, 3.8) is 0 Å². The van der Waals surface area contributed by atoms with E-state index in [-0.39, 0.29) is 17.9 Å². The molecule has 0 radical (unpaired) electrons. The van der Waals surface area contributed by atoms with E-state index in [0.717, 1.165) is 25.8 Å². The van der Waals surface area contributed by atoms with Gasteiger partial charge >= 0.3 is 0 Å². The molecule has 1 unspecified atom stereocenters. The van der Waals surface area contributed by atoms with Crippen LogP contribution in [-0.2, 0) is 4.79 Å². The van der Waals surface area contributed by atoms with Crippen LogP contribution < -0.4 is 10.6 Å². The minimum atomic E-state index is -0.0446. The SMILES string of the molecule is O=C(CCC1CCCCN1)NCC1(CO)CCCCC1. The fourth-order valence-electron chi connectivity index (χ4n) is 3.54. The van der Waals surface area contributed by atoms with Crippen molar-refractivity contribution < 1.29 is 9.90 Å². The van der Waals surface area contributed by atoms with E-state index in [2.05, 4.69) is 10.6 Å². The van der Waals surface area contributed by atoms with Crippen molar-refractivity contribution in [3.8, 4) is 0 Å². The molecule has 4 heteroatoms. The molecule has 1 aliphatic carbocycles. The maximum Gasteiger partial charge on any atom is 0.220 e. The Morgan fingerprint density at radius 1 is 1.20 bits per heavy atom. The molecule has 1 amide bonds. The normalized spacial score (nSPS) is 26.1. The standard InChI is InChI=1S/C16H30N2O2/c19-13-16(9-3-1-4-10-16)12-18-15(20)8-7-14-6-2-5-11-17-14/h14,17,19H,1-13H2,(H,18,20). The number of rotatable bonds is 6. The highest BCUT2D eigenvalue weighted by molar-refractivity contribution is 5.75. The molecular formula is C16H30N2O2. The summed E-state index contributed by atoms with van der Waals surface area (Å²) in [5.74, 6) is 0.149. The second-order valence-corrected chi connectivity index (χ2v) is 6.68. The molecule has 2 aliphatic rings. The lowest BCUT2D eigenvalue weighted by Gasteiger charge is -2.35. The van der Waals surface area contributed by atoms with E-state index in [1.165, 1.54) is 38.5 Å². The number of hydrogen-bond acceptors (Lipinski definition) is 3. The minimum absolute atomic E-state index is 0.0446. The van der Waals surface area contributed by atoms with Crippen molar-refractivity contribution in [1.29, 1.82) is 0 Å². The third-order valence-corrected chi connectivity index (χ3v) is 5.04. The zero-order chi connectivity index (χ0) is 14.3. The second kappa shape index (κ2) is 7.99. The maximum absolute atomic E-state index is 12.0. The second-order valence-electron chi connectivity index (χ2n) is 6.68. The first-order valence-electron chi connectivity index (χ1n) is 8.35. The summed E-state index contributed by atoms with van der Waals surface area (Å²) < 4.78 is 0. The minimum Gasteiger partial charge on any atom is -0.396 e.